The van der Waals surface area contributed by atoms with Crippen LogP contribution in [0.1, 0.15) is 32.6 Å². The first-order valence-corrected chi connectivity index (χ1v) is 6.04. The third-order valence-electron chi connectivity index (χ3n) is 3.46. The van der Waals surface area contributed by atoms with E-state index in [0.29, 0.717) is 31.7 Å². The van der Waals surface area contributed by atoms with Crippen molar-refractivity contribution in [3.8, 4) is 12.3 Å². The van der Waals surface area contributed by atoms with Crippen molar-refractivity contribution in [2.24, 2.45) is 17.8 Å². The first-order valence-electron chi connectivity index (χ1n) is 6.04. The van der Waals surface area contributed by atoms with Crippen molar-refractivity contribution in [1.29, 1.82) is 0 Å². The first kappa shape index (κ1) is 13.6. The highest BCUT2D eigenvalue weighted by molar-refractivity contribution is 5.85. The molecule has 1 aliphatic carbocycles. The molecule has 0 heterocycles. The molecule has 94 valence electrons. The number of rotatable bonds is 5. The van der Waals surface area contributed by atoms with Gasteiger partial charge in [0.15, 0.2) is 0 Å². The molecule has 3 atom stereocenters. The summed E-state index contributed by atoms with van der Waals surface area (Å²) in [6.45, 7) is 2.46. The van der Waals surface area contributed by atoms with Crippen LogP contribution in [0.4, 0.5) is 0 Å². The Morgan fingerprint density at radius 3 is 2.59 bits per heavy atom. The van der Waals surface area contributed by atoms with E-state index in [9.17, 15) is 9.59 Å². The second-order valence-electron chi connectivity index (χ2n) is 4.54. The SMILES string of the molecule is C#CCCNC(=O)[C@H]1CC(CC)C[C@H]1C(=O)O. The van der Waals surface area contributed by atoms with Gasteiger partial charge in [0.1, 0.15) is 0 Å². The highest BCUT2D eigenvalue weighted by atomic mass is 16.4. The lowest BCUT2D eigenvalue weighted by molar-refractivity contribution is -0.146. The van der Waals surface area contributed by atoms with Crippen LogP contribution in [0.15, 0.2) is 0 Å². The number of carbonyl (C=O) groups excluding carboxylic acids is 1. The summed E-state index contributed by atoms with van der Waals surface area (Å²) in [5.41, 5.74) is 0. The maximum atomic E-state index is 11.9. The van der Waals surface area contributed by atoms with E-state index in [1.54, 1.807) is 0 Å². The molecular formula is C13H19NO3. The van der Waals surface area contributed by atoms with Gasteiger partial charge in [0.25, 0.3) is 0 Å². The Bertz CT molecular complexity index is 332. The fourth-order valence-electron chi connectivity index (χ4n) is 2.43. The Morgan fingerprint density at radius 2 is 2.06 bits per heavy atom. The average molecular weight is 237 g/mol. The minimum Gasteiger partial charge on any atom is -0.481 e. The second-order valence-corrected chi connectivity index (χ2v) is 4.54. The van der Waals surface area contributed by atoms with Crippen molar-refractivity contribution in [3.63, 3.8) is 0 Å². The molecule has 0 aromatic carbocycles. The smallest absolute Gasteiger partial charge is 0.307 e. The zero-order valence-electron chi connectivity index (χ0n) is 10.1. The predicted molar refractivity (Wildman–Crippen MR) is 64.1 cm³/mol. The van der Waals surface area contributed by atoms with E-state index in [0.717, 1.165) is 6.42 Å². The molecule has 17 heavy (non-hydrogen) atoms. The molecule has 1 fully saturated rings. The average Bonchev–Trinajstić information content (AvgIpc) is 2.73. The summed E-state index contributed by atoms with van der Waals surface area (Å²) >= 11 is 0. The van der Waals surface area contributed by atoms with Gasteiger partial charge in [-0.3, -0.25) is 9.59 Å². The third-order valence-corrected chi connectivity index (χ3v) is 3.46. The van der Waals surface area contributed by atoms with Gasteiger partial charge in [-0.25, -0.2) is 0 Å². The van der Waals surface area contributed by atoms with E-state index >= 15 is 0 Å². The summed E-state index contributed by atoms with van der Waals surface area (Å²) < 4.78 is 0. The van der Waals surface area contributed by atoms with Crippen LogP contribution in [0.3, 0.4) is 0 Å². The summed E-state index contributed by atoms with van der Waals surface area (Å²) in [6, 6.07) is 0. The van der Waals surface area contributed by atoms with Crippen LogP contribution in [-0.2, 0) is 9.59 Å². The standard InChI is InChI=1S/C13H19NO3/c1-3-5-6-14-12(15)10-7-9(4-2)8-11(10)13(16)17/h1,9-11H,4-8H2,2H3,(H,14,15)(H,16,17)/t9?,10-,11+/m0/s1. The number of nitrogens with one attached hydrogen (secondary N) is 1. The summed E-state index contributed by atoms with van der Waals surface area (Å²) in [4.78, 5) is 22.9. The van der Waals surface area contributed by atoms with Crippen molar-refractivity contribution < 1.29 is 14.7 Å². The Hall–Kier alpha value is -1.50. The fraction of sp³-hybridized carbons (Fsp3) is 0.692. The van der Waals surface area contributed by atoms with Crippen LogP contribution in [0.25, 0.3) is 0 Å². The number of terminal acetylenes is 1. The Labute approximate surface area is 102 Å². The maximum Gasteiger partial charge on any atom is 0.307 e. The van der Waals surface area contributed by atoms with Crippen LogP contribution in [0.5, 0.6) is 0 Å². The summed E-state index contributed by atoms with van der Waals surface area (Å²) in [5, 5.41) is 11.8. The molecule has 4 nitrogen and oxygen atoms in total. The molecule has 0 radical (unpaired) electrons. The number of aliphatic carboxylic acids is 1. The van der Waals surface area contributed by atoms with Gasteiger partial charge in [-0.1, -0.05) is 13.3 Å². The number of carboxylic acid groups (broad SMARTS) is 1. The van der Waals surface area contributed by atoms with E-state index in [-0.39, 0.29) is 5.91 Å². The second kappa shape index (κ2) is 6.29. The summed E-state index contributed by atoms with van der Waals surface area (Å²) in [7, 11) is 0. The van der Waals surface area contributed by atoms with E-state index in [1.807, 2.05) is 6.92 Å². The maximum absolute atomic E-state index is 11.9. The molecule has 1 rings (SSSR count). The van der Waals surface area contributed by atoms with Crippen LogP contribution in [0, 0.1) is 30.1 Å². The molecule has 2 N–H and O–H groups in total. The molecule has 0 aromatic rings. The van der Waals surface area contributed by atoms with Crippen molar-refractivity contribution in [1.82, 2.24) is 5.32 Å². The summed E-state index contributed by atoms with van der Waals surface area (Å²) in [5.74, 6) is 0.827. The van der Waals surface area contributed by atoms with Gasteiger partial charge in [-0.2, -0.15) is 0 Å². The molecular weight excluding hydrogens is 218 g/mol. The zero-order valence-corrected chi connectivity index (χ0v) is 10.1. The normalized spacial score (nSPS) is 27.4. The van der Waals surface area contributed by atoms with Crippen LogP contribution >= 0.6 is 0 Å². The number of carbonyl (C=O) groups is 2. The molecule has 1 aliphatic rings. The van der Waals surface area contributed by atoms with Crippen LogP contribution < -0.4 is 5.32 Å². The van der Waals surface area contributed by atoms with Crippen LogP contribution in [0.2, 0.25) is 0 Å². The fourth-order valence-corrected chi connectivity index (χ4v) is 2.43. The van der Waals surface area contributed by atoms with Gasteiger partial charge in [0, 0.05) is 13.0 Å². The monoisotopic (exact) mass is 237 g/mol. The topological polar surface area (TPSA) is 66.4 Å². The lowest BCUT2D eigenvalue weighted by atomic mass is 9.95. The van der Waals surface area contributed by atoms with Crippen molar-refractivity contribution in [2.45, 2.75) is 32.6 Å². The number of hydrogen-bond donors (Lipinski definition) is 2. The first-order chi connectivity index (χ1) is 8.10. The van der Waals surface area contributed by atoms with Crippen LogP contribution in [-0.4, -0.2) is 23.5 Å². The minimum atomic E-state index is -0.863. The Kier molecular flexibility index (Phi) is 5.02. The van der Waals surface area contributed by atoms with Crippen molar-refractivity contribution in [3.05, 3.63) is 0 Å². The van der Waals surface area contributed by atoms with Crippen molar-refractivity contribution >= 4 is 11.9 Å². The van der Waals surface area contributed by atoms with E-state index in [4.69, 9.17) is 11.5 Å². The number of hydrogen-bond acceptors (Lipinski definition) is 2. The molecule has 1 amide bonds. The van der Waals surface area contributed by atoms with E-state index in [2.05, 4.69) is 11.2 Å². The largest absolute Gasteiger partial charge is 0.481 e. The van der Waals surface area contributed by atoms with Gasteiger partial charge in [0.05, 0.1) is 11.8 Å². The minimum absolute atomic E-state index is 0.163. The molecule has 1 unspecified atom stereocenters. The van der Waals surface area contributed by atoms with Gasteiger partial charge in [-0.15, -0.1) is 12.3 Å². The quantitative estimate of drug-likeness (QED) is 0.559. The molecule has 0 bridgehead atoms. The lowest BCUT2D eigenvalue weighted by Crippen LogP contribution is -2.35. The Morgan fingerprint density at radius 1 is 1.41 bits per heavy atom. The number of amides is 1. The van der Waals surface area contributed by atoms with Gasteiger partial charge < -0.3 is 10.4 Å². The molecule has 0 aromatic heterocycles. The van der Waals surface area contributed by atoms with Gasteiger partial charge in [0.2, 0.25) is 5.91 Å². The highest BCUT2D eigenvalue weighted by Crippen LogP contribution is 2.38. The molecule has 1 saturated carbocycles. The molecule has 0 saturated heterocycles. The van der Waals surface area contributed by atoms with Crippen molar-refractivity contribution in [2.75, 3.05) is 6.54 Å². The van der Waals surface area contributed by atoms with E-state index in [1.165, 1.54) is 0 Å². The zero-order chi connectivity index (χ0) is 12.8. The summed E-state index contributed by atoms with van der Waals surface area (Å²) in [6.07, 6.45) is 7.79. The van der Waals surface area contributed by atoms with Gasteiger partial charge >= 0.3 is 5.97 Å². The lowest BCUT2D eigenvalue weighted by Gasteiger charge is -2.14. The Balaban J connectivity index is 2.57. The number of carboxylic acids is 1. The highest BCUT2D eigenvalue weighted by Gasteiger charge is 2.41. The predicted octanol–water partition coefficient (Wildman–Crippen LogP) is 1.26. The third kappa shape index (κ3) is 3.48. The van der Waals surface area contributed by atoms with Gasteiger partial charge in [-0.05, 0) is 18.8 Å². The molecule has 4 heteroatoms. The molecule has 0 aliphatic heterocycles. The van der Waals surface area contributed by atoms with E-state index < -0.39 is 17.8 Å². The molecule has 0 spiro atoms.